The van der Waals surface area contributed by atoms with Gasteiger partial charge in [-0.2, -0.15) is 5.10 Å². The van der Waals surface area contributed by atoms with Crippen LogP contribution in [0.3, 0.4) is 0 Å². The number of hydrogen-bond donors (Lipinski definition) is 1. The quantitative estimate of drug-likeness (QED) is 0.407. The third-order valence-corrected chi connectivity index (χ3v) is 7.18. The fraction of sp³-hybridized carbons (Fsp3) is 0.250. The first-order chi connectivity index (χ1) is 16.3. The largest absolute Gasteiger partial charge is 0.345 e. The maximum absolute atomic E-state index is 13.3. The van der Waals surface area contributed by atoms with Gasteiger partial charge in [0.1, 0.15) is 5.82 Å². The van der Waals surface area contributed by atoms with E-state index in [-0.39, 0.29) is 22.5 Å². The number of amides is 1. The van der Waals surface area contributed by atoms with Crippen LogP contribution in [-0.4, -0.2) is 39.8 Å². The first-order valence-electron chi connectivity index (χ1n) is 10.9. The molecular formula is C24H24FN5O3S. The first kappa shape index (κ1) is 23.5. The molecule has 1 atom stereocenters. The van der Waals surface area contributed by atoms with E-state index in [2.05, 4.69) is 20.4 Å². The van der Waals surface area contributed by atoms with Crippen molar-refractivity contribution in [3.63, 3.8) is 0 Å². The number of halogens is 1. The highest BCUT2D eigenvalue weighted by atomic mass is 32.2. The Morgan fingerprint density at radius 2 is 1.88 bits per heavy atom. The number of nitrogens with zero attached hydrogens (tertiary/aromatic N) is 4. The van der Waals surface area contributed by atoms with Crippen LogP contribution in [-0.2, 0) is 9.84 Å². The van der Waals surface area contributed by atoms with Crippen LogP contribution < -0.4 is 5.32 Å². The minimum absolute atomic E-state index is 0.00723. The number of pyridine rings is 2. The third kappa shape index (κ3) is 4.67. The van der Waals surface area contributed by atoms with E-state index in [1.807, 2.05) is 6.92 Å². The molecule has 0 saturated carbocycles. The van der Waals surface area contributed by atoms with Crippen molar-refractivity contribution in [3.05, 3.63) is 78.1 Å². The number of nitrogens with one attached hydrogen (secondary N) is 1. The maximum atomic E-state index is 13.3. The molecular weight excluding hydrogens is 457 g/mol. The van der Waals surface area contributed by atoms with Crippen LogP contribution in [0, 0.1) is 5.82 Å². The van der Waals surface area contributed by atoms with Gasteiger partial charge in [-0.15, -0.1) is 0 Å². The van der Waals surface area contributed by atoms with E-state index < -0.39 is 15.9 Å². The second-order valence-electron chi connectivity index (χ2n) is 7.80. The Hall–Kier alpha value is -3.66. The molecule has 1 unspecified atom stereocenters. The van der Waals surface area contributed by atoms with Crippen LogP contribution in [0.25, 0.3) is 16.6 Å². The van der Waals surface area contributed by atoms with Gasteiger partial charge in [-0.05, 0) is 48.4 Å². The number of carbonyl (C=O) groups excluding carboxylic acids is 1. The number of rotatable bonds is 8. The summed E-state index contributed by atoms with van der Waals surface area (Å²) in [6.45, 7) is 3.55. The Labute approximate surface area is 196 Å². The Kier molecular flexibility index (Phi) is 6.69. The van der Waals surface area contributed by atoms with Crippen LogP contribution in [0.1, 0.15) is 48.7 Å². The van der Waals surface area contributed by atoms with E-state index in [0.29, 0.717) is 34.1 Å². The number of benzene rings is 1. The van der Waals surface area contributed by atoms with E-state index >= 15 is 0 Å². The van der Waals surface area contributed by atoms with Crippen molar-refractivity contribution in [2.45, 2.75) is 37.8 Å². The van der Waals surface area contributed by atoms with Crippen LogP contribution >= 0.6 is 0 Å². The van der Waals surface area contributed by atoms with Gasteiger partial charge in [-0.25, -0.2) is 22.5 Å². The summed E-state index contributed by atoms with van der Waals surface area (Å²) in [7, 11) is -3.47. The molecule has 0 aliphatic rings. The lowest BCUT2D eigenvalue weighted by Gasteiger charge is -2.19. The second kappa shape index (κ2) is 9.68. The highest BCUT2D eigenvalue weighted by Gasteiger charge is 2.21. The molecule has 0 saturated heterocycles. The predicted molar refractivity (Wildman–Crippen MR) is 126 cm³/mol. The van der Waals surface area contributed by atoms with Crippen molar-refractivity contribution in [2.75, 3.05) is 5.75 Å². The average molecular weight is 482 g/mol. The number of carbonyl (C=O) groups is 1. The van der Waals surface area contributed by atoms with Crippen molar-refractivity contribution >= 4 is 26.6 Å². The van der Waals surface area contributed by atoms with Gasteiger partial charge < -0.3 is 5.32 Å². The van der Waals surface area contributed by atoms with Gasteiger partial charge in [-0.1, -0.05) is 20.3 Å². The van der Waals surface area contributed by atoms with Gasteiger partial charge in [0, 0.05) is 17.8 Å². The van der Waals surface area contributed by atoms with Crippen LogP contribution in [0.15, 0.2) is 66.2 Å². The molecule has 0 aliphatic heterocycles. The summed E-state index contributed by atoms with van der Waals surface area (Å²) < 4.78 is 39.5. The average Bonchev–Trinajstić information content (AvgIpc) is 3.28. The van der Waals surface area contributed by atoms with Gasteiger partial charge in [0.2, 0.25) is 0 Å². The van der Waals surface area contributed by atoms with Crippen LogP contribution in [0.2, 0.25) is 0 Å². The Morgan fingerprint density at radius 3 is 2.59 bits per heavy atom. The van der Waals surface area contributed by atoms with Crippen molar-refractivity contribution in [1.29, 1.82) is 0 Å². The SMILES string of the molecule is CCCC(NC(=O)c1cncc2c1cnn2-c1ccc(F)cc1)c1ccnc(S(=O)(=O)CC)c1. The molecule has 3 heterocycles. The fourth-order valence-corrected chi connectivity index (χ4v) is 4.55. The number of hydrogen-bond acceptors (Lipinski definition) is 6. The second-order valence-corrected chi connectivity index (χ2v) is 10.0. The molecule has 176 valence electrons. The third-order valence-electron chi connectivity index (χ3n) is 5.56. The first-order valence-corrected chi connectivity index (χ1v) is 12.6. The number of sulfone groups is 1. The fourth-order valence-electron chi connectivity index (χ4n) is 3.72. The molecule has 1 N–H and O–H groups in total. The van der Waals surface area contributed by atoms with E-state index in [9.17, 15) is 17.6 Å². The Bertz CT molecular complexity index is 1430. The molecule has 0 radical (unpaired) electrons. The summed E-state index contributed by atoms with van der Waals surface area (Å²) in [5.74, 6) is -0.766. The zero-order chi connectivity index (χ0) is 24.3. The lowest BCUT2D eigenvalue weighted by molar-refractivity contribution is 0.0935. The maximum Gasteiger partial charge on any atom is 0.254 e. The standard InChI is InChI=1S/C24H24FN5O3S/c1-3-5-21(16-10-11-27-23(12-16)34(32,33)4-2)29-24(31)20-13-26-15-22-19(20)14-28-30(22)18-8-6-17(25)7-9-18/h6-15,21H,3-5H2,1-2H3,(H,29,31). The molecule has 0 bridgehead atoms. The zero-order valence-electron chi connectivity index (χ0n) is 18.8. The predicted octanol–water partition coefficient (Wildman–Crippen LogP) is 4.02. The molecule has 8 nitrogen and oxygen atoms in total. The van der Waals surface area contributed by atoms with E-state index in [1.54, 1.807) is 42.2 Å². The molecule has 0 fully saturated rings. The Morgan fingerprint density at radius 1 is 1.12 bits per heavy atom. The van der Waals surface area contributed by atoms with Gasteiger partial charge in [0.15, 0.2) is 14.9 Å². The van der Waals surface area contributed by atoms with E-state index in [0.717, 1.165) is 6.42 Å². The van der Waals surface area contributed by atoms with E-state index in [4.69, 9.17) is 0 Å². The molecule has 34 heavy (non-hydrogen) atoms. The minimum Gasteiger partial charge on any atom is -0.345 e. The normalized spacial score (nSPS) is 12.6. The lowest BCUT2D eigenvalue weighted by atomic mass is 10.0. The van der Waals surface area contributed by atoms with Gasteiger partial charge >= 0.3 is 0 Å². The molecule has 1 aromatic carbocycles. The topological polar surface area (TPSA) is 107 Å². The van der Waals surface area contributed by atoms with Gasteiger partial charge in [-0.3, -0.25) is 9.78 Å². The molecule has 4 rings (SSSR count). The summed E-state index contributed by atoms with van der Waals surface area (Å²) in [5.41, 5.74) is 2.24. The van der Waals surface area contributed by atoms with Crippen molar-refractivity contribution in [1.82, 2.24) is 25.1 Å². The smallest absolute Gasteiger partial charge is 0.254 e. The van der Waals surface area contributed by atoms with Gasteiger partial charge in [0.25, 0.3) is 5.91 Å². The van der Waals surface area contributed by atoms with Crippen LogP contribution in [0.5, 0.6) is 0 Å². The van der Waals surface area contributed by atoms with Crippen molar-refractivity contribution in [2.24, 2.45) is 0 Å². The summed E-state index contributed by atoms with van der Waals surface area (Å²) in [4.78, 5) is 21.5. The van der Waals surface area contributed by atoms with Gasteiger partial charge in [0.05, 0.1) is 41.0 Å². The molecule has 3 aromatic heterocycles. The monoisotopic (exact) mass is 481 g/mol. The number of fused-ring (bicyclic) bond motifs is 1. The molecule has 10 heteroatoms. The summed E-state index contributed by atoms with van der Waals surface area (Å²) in [6, 6.07) is 8.68. The lowest BCUT2D eigenvalue weighted by Crippen LogP contribution is -2.29. The molecule has 0 spiro atoms. The molecule has 0 aliphatic carbocycles. The van der Waals surface area contributed by atoms with Crippen molar-refractivity contribution < 1.29 is 17.6 Å². The van der Waals surface area contributed by atoms with Crippen LogP contribution in [0.4, 0.5) is 4.39 Å². The van der Waals surface area contributed by atoms with Crippen molar-refractivity contribution in [3.8, 4) is 5.69 Å². The highest BCUT2D eigenvalue weighted by molar-refractivity contribution is 7.91. The zero-order valence-corrected chi connectivity index (χ0v) is 19.6. The molecule has 4 aromatic rings. The number of aromatic nitrogens is 4. The summed E-state index contributed by atoms with van der Waals surface area (Å²) >= 11 is 0. The highest BCUT2D eigenvalue weighted by Crippen LogP contribution is 2.24. The summed E-state index contributed by atoms with van der Waals surface area (Å²) in [6.07, 6.45) is 7.46. The molecule has 1 amide bonds. The Balaban J connectivity index is 1.66. The van der Waals surface area contributed by atoms with E-state index in [1.165, 1.54) is 30.6 Å². The minimum atomic E-state index is -3.47. The summed E-state index contributed by atoms with van der Waals surface area (Å²) in [5, 5.41) is 7.95.